The Morgan fingerprint density at radius 2 is 1.56 bits per heavy atom. The van der Waals surface area contributed by atoms with Gasteiger partial charge in [-0.1, -0.05) is 6.07 Å². The van der Waals surface area contributed by atoms with E-state index in [1.54, 1.807) is 6.07 Å². The Balaban J connectivity index is 2.23. The van der Waals surface area contributed by atoms with Crippen LogP contribution in [0.15, 0.2) is 36.5 Å². The standard InChI is InChI=1S/C18H17N3O6/c1-10-4-7-14(19-9-10)21-16(23)15(22)20-13-8-11(17(24)26-2)5-6-12(13)18(25)27-3/h4-9H,1-3H3,(H,20,22)(H,19,21,23). The van der Waals surface area contributed by atoms with Crippen LogP contribution in [0.25, 0.3) is 0 Å². The van der Waals surface area contributed by atoms with Crippen LogP contribution in [0, 0.1) is 6.92 Å². The lowest BCUT2D eigenvalue weighted by Crippen LogP contribution is -2.30. The normalized spacial score (nSPS) is 9.89. The molecule has 1 aromatic heterocycles. The summed E-state index contributed by atoms with van der Waals surface area (Å²) in [4.78, 5) is 51.7. The molecule has 0 spiro atoms. The number of hydrogen-bond acceptors (Lipinski definition) is 7. The third kappa shape index (κ3) is 4.88. The number of methoxy groups -OCH3 is 2. The number of nitrogens with zero attached hydrogens (tertiary/aromatic N) is 1. The first-order valence-electron chi connectivity index (χ1n) is 7.71. The molecule has 140 valence electrons. The maximum Gasteiger partial charge on any atom is 0.339 e. The van der Waals surface area contributed by atoms with Gasteiger partial charge in [0.25, 0.3) is 0 Å². The van der Waals surface area contributed by atoms with Crippen LogP contribution in [0.4, 0.5) is 11.5 Å². The summed E-state index contributed by atoms with van der Waals surface area (Å²) in [7, 11) is 2.36. The summed E-state index contributed by atoms with van der Waals surface area (Å²) in [5, 5.41) is 4.62. The number of ether oxygens (including phenoxy) is 2. The zero-order valence-electron chi connectivity index (χ0n) is 14.9. The van der Waals surface area contributed by atoms with E-state index < -0.39 is 23.8 Å². The van der Waals surface area contributed by atoms with Crippen LogP contribution in [0.5, 0.6) is 0 Å². The van der Waals surface area contributed by atoms with E-state index in [1.807, 2.05) is 6.92 Å². The molecule has 2 rings (SSSR count). The van der Waals surface area contributed by atoms with Gasteiger partial charge in [0.2, 0.25) is 0 Å². The van der Waals surface area contributed by atoms with Crippen molar-refractivity contribution in [2.24, 2.45) is 0 Å². The number of anilines is 2. The fourth-order valence-corrected chi connectivity index (χ4v) is 2.07. The van der Waals surface area contributed by atoms with Gasteiger partial charge < -0.3 is 20.1 Å². The smallest absolute Gasteiger partial charge is 0.339 e. The number of esters is 2. The van der Waals surface area contributed by atoms with Crippen molar-refractivity contribution >= 4 is 35.3 Å². The van der Waals surface area contributed by atoms with Crippen molar-refractivity contribution in [1.29, 1.82) is 0 Å². The van der Waals surface area contributed by atoms with E-state index >= 15 is 0 Å². The summed E-state index contributed by atoms with van der Waals surface area (Å²) < 4.78 is 9.24. The lowest BCUT2D eigenvalue weighted by atomic mass is 10.1. The Bertz CT molecular complexity index is 892. The molecule has 2 amide bonds. The largest absolute Gasteiger partial charge is 0.465 e. The zero-order chi connectivity index (χ0) is 20.0. The van der Waals surface area contributed by atoms with Gasteiger partial charge in [-0.05, 0) is 36.8 Å². The van der Waals surface area contributed by atoms with E-state index in [0.717, 1.165) is 12.7 Å². The SMILES string of the molecule is COC(=O)c1ccc(C(=O)OC)c(NC(=O)C(=O)Nc2ccc(C)cn2)c1. The first-order valence-corrected chi connectivity index (χ1v) is 7.71. The Morgan fingerprint density at radius 3 is 2.15 bits per heavy atom. The molecule has 2 aromatic rings. The van der Waals surface area contributed by atoms with Crippen molar-refractivity contribution in [1.82, 2.24) is 4.98 Å². The monoisotopic (exact) mass is 371 g/mol. The number of nitrogens with one attached hydrogen (secondary N) is 2. The first kappa shape index (κ1) is 19.6. The minimum atomic E-state index is -1.05. The number of benzene rings is 1. The minimum Gasteiger partial charge on any atom is -0.465 e. The Morgan fingerprint density at radius 1 is 0.889 bits per heavy atom. The topological polar surface area (TPSA) is 124 Å². The number of carbonyl (C=O) groups excluding carboxylic acids is 4. The number of carbonyl (C=O) groups is 4. The molecule has 0 fully saturated rings. The molecular weight excluding hydrogens is 354 g/mol. The summed E-state index contributed by atoms with van der Waals surface area (Å²) in [5.74, 6) is -3.27. The second-order valence-corrected chi connectivity index (χ2v) is 5.37. The average Bonchev–Trinajstić information content (AvgIpc) is 2.68. The number of rotatable bonds is 4. The van der Waals surface area contributed by atoms with E-state index in [0.29, 0.717) is 0 Å². The van der Waals surface area contributed by atoms with Crippen LogP contribution in [0.1, 0.15) is 26.3 Å². The molecule has 2 N–H and O–H groups in total. The second-order valence-electron chi connectivity index (χ2n) is 5.37. The molecule has 0 saturated heterocycles. The molecular formula is C18H17N3O6. The summed E-state index contributed by atoms with van der Waals surface area (Å²) >= 11 is 0. The van der Waals surface area contributed by atoms with Crippen molar-refractivity contribution in [3.63, 3.8) is 0 Å². The van der Waals surface area contributed by atoms with Crippen molar-refractivity contribution < 1.29 is 28.7 Å². The van der Waals surface area contributed by atoms with Crippen LogP contribution < -0.4 is 10.6 Å². The van der Waals surface area contributed by atoms with E-state index in [1.165, 1.54) is 37.6 Å². The predicted octanol–water partition coefficient (Wildman–Crippen LogP) is 1.54. The number of amides is 2. The van der Waals surface area contributed by atoms with Gasteiger partial charge in [-0.3, -0.25) is 9.59 Å². The van der Waals surface area contributed by atoms with Crippen LogP contribution in [-0.2, 0) is 19.1 Å². The third-order valence-corrected chi connectivity index (χ3v) is 3.45. The van der Waals surface area contributed by atoms with Crippen molar-refractivity contribution in [3.8, 4) is 0 Å². The highest BCUT2D eigenvalue weighted by atomic mass is 16.5. The van der Waals surface area contributed by atoms with Crippen molar-refractivity contribution in [2.75, 3.05) is 24.9 Å². The maximum absolute atomic E-state index is 12.2. The van der Waals surface area contributed by atoms with Gasteiger partial charge >= 0.3 is 23.8 Å². The van der Waals surface area contributed by atoms with Crippen molar-refractivity contribution in [3.05, 3.63) is 53.2 Å². The molecule has 9 nitrogen and oxygen atoms in total. The number of pyridine rings is 1. The quantitative estimate of drug-likeness (QED) is 0.617. The molecule has 0 saturated carbocycles. The Kier molecular flexibility index (Phi) is 6.21. The van der Waals surface area contributed by atoms with E-state index in [9.17, 15) is 19.2 Å². The van der Waals surface area contributed by atoms with Crippen molar-refractivity contribution in [2.45, 2.75) is 6.92 Å². The van der Waals surface area contributed by atoms with Crippen LogP contribution in [0.2, 0.25) is 0 Å². The van der Waals surface area contributed by atoms with E-state index in [2.05, 4.69) is 25.1 Å². The highest BCUT2D eigenvalue weighted by Gasteiger charge is 2.21. The maximum atomic E-state index is 12.2. The van der Waals surface area contributed by atoms with Crippen LogP contribution >= 0.6 is 0 Å². The van der Waals surface area contributed by atoms with Crippen LogP contribution in [0.3, 0.4) is 0 Å². The fraction of sp³-hybridized carbons (Fsp3) is 0.167. The molecule has 1 heterocycles. The van der Waals surface area contributed by atoms with Gasteiger partial charge in [0.1, 0.15) is 5.82 Å². The molecule has 0 unspecified atom stereocenters. The Hall–Kier alpha value is -3.75. The highest BCUT2D eigenvalue weighted by Crippen LogP contribution is 2.20. The molecule has 0 aliphatic carbocycles. The van der Waals surface area contributed by atoms with Gasteiger partial charge in [0, 0.05) is 6.20 Å². The molecule has 0 aliphatic rings. The van der Waals surface area contributed by atoms with E-state index in [-0.39, 0.29) is 22.6 Å². The summed E-state index contributed by atoms with van der Waals surface area (Å²) in [5.41, 5.74) is 0.877. The third-order valence-electron chi connectivity index (χ3n) is 3.45. The molecule has 9 heteroatoms. The lowest BCUT2D eigenvalue weighted by Gasteiger charge is -2.11. The molecule has 0 atom stereocenters. The summed E-state index contributed by atoms with van der Waals surface area (Å²) in [6, 6.07) is 7.10. The number of aromatic nitrogens is 1. The summed E-state index contributed by atoms with van der Waals surface area (Å²) in [6.45, 7) is 1.83. The highest BCUT2D eigenvalue weighted by molar-refractivity contribution is 6.43. The first-order chi connectivity index (χ1) is 12.8. The Labute approximate surface area is 154 Å². The lowest BCUT2D eigenvalue weighted by molar-refractivity contribution is -0.133. The summed E-state index contributed by atoms with van der Waals surface area (Å²) in [6.07, 6.45) is 1.53. The number of aryl methyl sites for hydroxylation is 1. The molecule has 1 aromatic carbocycles. The minimum absolute atomic E-state index is 0.0280. The molecule has 27 heavy (non-hydrogen) atoms. The van der Waals surface area contributed by atoms with E-state index in [4.69, 9.17) is 0 Å². The molecule has 0 bridgehead atoms. The van der Waals surface area contributed by atoms with Gasteiger partial charge in [-0.15, -0.1) is 0 Å². The molecule has 0 radical (unpaired) electrons. The van der Waals surface area contributed by atoms with Gasteiger partial charge in [0.05, 0.1) is 31.0 Å². The molecule has 0 aliphatic heterocycles. The second kappa shape index (κ2) is 8.56. The number of hydrogen-bond donors (Lipinski definition) is 2. The zero-order valence-corrected chi connectivity index (χ0v) is 14.9. The van der Waals surface area contributed by atoms with Gasteiger partial charge in [0.15, 0.2) is 0 Å². The van der Waals surface area contributed by atoms with Crippen LogP contribution in [-0.4, -0.2) is 43.0 Å². The van der Waals surface area contributed by atoms with Gasteiger partial charge in [-0.2, -0.15) is 0 Å². The fourth-order valence-electron chi connectivity index (χ4n) is 2.07. The predicted molar refractivity (Wildman–Crippen MR) is 95.4 cm³/mol. The van der Waals surface area contributed by atoms with Gasteiger partial charge in [-0.25, -0.2) is 14.6 Å². The average molecular weight is 371 g/mol.